The van der Waals surface area contributed by atoms with E-state index in [4.69, 9.17) is 0 Å². The molecule has 1 N–H and O–H groups in total. The summed E-state index contributed by atoms with van der Waals surface area (Å²) in [6, 6.07) is 0. The number of aromatic nitrogens is 3. The summed E-state index contributed by atoms with van der Waals surface area (Å²) in [5.41, 5.74) is 0. The Morgan fingerprint density at radius 1 is 1.33 bits per heavy atom. The summed E-state index contributed by atoms with van der Waals surface area (Å²) >= 11 is 0. The Kier molecular flexibility index (Phi) is 3.96. The van der Waals surface area contributed by atoms with Crippen molar-refractivity contribution >= 4 is 5.91 Å². The van der Waals surface area contributed by atoms with Gasteiger partial charge < -0.3 is 4.90 Å². The van der Waals surface area contributed by atoms with Crippen LogP contribution < -0.4 is 0 Å². The van der Waals surface area contributed by atoms with Crippen LogP contribution in [0.1, 0.15) is 30.3 Å². The molecular formula is C12H21N5O. The molecule has 1 aromatic rings. The summed E-state index contributed by atoms with van der Waals surface area (Å²) in [5.74, 6) is 1.56. The van der Waals surface area contributed by atoms with Crippen LogP contribution in [0.5, 0.6) is 0 Å². The minimum atomic E-state index is -0.0662. The van der Waals surface area contributed by atoms with E-state index in [1.165, 1.54) is 0 Å². The molecule has 0 unspecified atom stereocenters. The fourth-order valence-electron chi connectivity index (χ4n) is 2.23. The summed E-state index contributed by atoms with van der Waals surface area (Å²) < 4.78 is 0. The lowest BCUT2D eigenvalue weighted by molar-refractivity contribution is 0.0612. The van der Waals surface area contributed by atoms with Crippen LogP contribution in [0.3, 0.4) is 0 Å². The predicted molar refractivity (Wildman–Crippen MR) is 68.3 cm³/mol. The van der Waals surface area contributed by atoms with Gasteiger partial charge in [0.25, 0.3) is 5.91 Å². The molecule has 1 aliphatic rings. The van der Waals surface area contributed by atoms with Crippen molar-refractivity contribution in [3.8, 4) is 0 Å². The Morgan fingerprint density at radius 3 is 2.50 bits per heavy atom. The molecule has 0 saturated carbocycles. The molecule has 1 saturated heterocycles. The third-order valence-corrected chi connectivity index (χ3v) is 3.07. The highest BCUT2D eigenvalue weighted by atomic mass is 16.2. The topological polar surface area (TPSA) is 65.1 Å². The van der Waals surface area contributed by atoms with Crippen molar-refractivity contribution in [2.75, 3.05) is 32.7 Å². The molecule has 0 bridgehead atoms. The monoisotopic (exact) mass is 251 g/mol. The van der Waals surface area contributed by atoms with Gasteiger partial charge in [-0.3, -0.25) is 14.8 Å². The first-order valence-electron chi connectivity index (χ1n) is 6.47. The van der Waals surface area contributed by atoms with Crippen molar-refractivity contribution in [2.24, 2.45) is 5.92 Å². The van der Waals surface area contributed by atoms with Gasteiger partial charge >= 0.3 is 0 Å². The minimum absolute atomic E-state index is 0.0662. The summed E-state index contributed by atoms with van der Waals surface area (Å²) in [6.07, 6.45) is 0. The average Bonchev–Trinajstić information content (AvgIpc) is 2.75. The smallest absolute Gasteiger partial charge is 0.293 e. The number of piperazine rings is 1. The SMILES string of the molecule is Cc1nc(C(=O)N2CCN(CC(C)C)CC2)n[nH]1. The Labute approximate surface area is 107 Å². The van der Waals surface area contributed by atoms with Gasteiger partial charge in [-0.15, -0.1) is 5.10 Å². The number of nitrogens with zero attached hydrogens (tertiary/aromatic N) is 4. The van der Waals surface area contributed by atoms with E-state index in [1.807, 2.05) is 4.90 Å². The molecule has 2 heterocycles. The van der Waals surface area contributed by atoms with E-state index in [-0.39, 0.29) is 11.7 Å². The third kappa shape index (κ3) is 3.07. The Morgan fingerprint density at radius 2 is 2.00 bits per heavy atom. The second-order valence-corrected chi connectivity index (χ2v) is 5.23. The van der Waals surface area contributed by atoms with Crippen LogP contribution in [0, 0.1) is 12.8 Å². The van der Waals surface area contributed by atoms with Gasteiger partial charge in [0.15, 0.2) is 0 Å². The molecule has 0 spiro atoms. The van der Waals surface area contributed by atoms with Gasteiger partial charge in [-0.2, -0.15) is 0 Å². The number of hydrogen-bond donors (Lipinski definition) is 1. The van der Waals surface area contributed by atoms with Crippen molar-refractivity contribution in [3.63, 3.8) is 0 Å². The fourth-order valence-corrected chi connectivity index (χ4v) is 2.23. The third-order valence-electron chi connectivity index (χ3n) is 3.07. The number of H-pyrrole nitrogens is 1. The number of carbonyl (C=O) groups is 1. The highest BCUT2D eigenvalue weighted by Crippen LogP contribution is 2.07. The first kappa shape index (κ1) is 13.0. The molecule has 1 aliphatic heterocycles. The normalized spacial score (nSPS) is 17.4. The molecule has 1 fully saturated rings. The van der Waals surface area contributed by atoms with E-state index in [2.05, 4.69) is 33.9 Å². The molecule has 1 amide bonds. The van der Waals surface area contributed by atoms with Crippen LogP contribution in [0.25, 0.3) is 0 Å². The molecule has 0 aromatic carbocycles. The van der Waals surface area contributed by atoms with Gasteiger partial charge in [0, 0.05) is 32.7 Å². The van der Waals surface area contributed by atoms with Crippen molar-refractivity contribution in [1.82, 2.24) is 25.0 Å². The molecule has 6 heteroatoms. The number of hydrogen-bond acceptors (Lipinski definition) is 4. The van der Waals surface area contributed by atoms with Crippen LogP contribution in [0.4, 0.5) is 0 Å². The largest absolute Gasteiger partial charge is 0.333 e. The van der Waals surface area contributed by atoms with Crippen molar-refractivity contribution in [2.45, 2.75) is 20.8 Å². The van der Waals surface area contributed by atoms with E-state index in [1.54, 1.807) is 6.92 Å². The minimum Gasteiger partial charge on any atom is -0.333 e. The van der Waals surface area contributed by atoms with Crippen molar-refractivity contribution < 1.29 is 4.79 Å². The maximum absolute atomic E-state index is 12.1. The zero-order valence-electron chi connectivity index (χ0n) is 11.3. The van der Waals surface area contributed by atoms with Crippen molar-refractivity contribution in [1.29, 1.82) is 0 Å². The highest BCUT2D eigenvalue weighted by Gasteiger charge is 2.24. The summed E-state index contributed by atoms with van der Waals surface area (Å²) in [6.45, 7) is 10.7. The lowest BCUT2D eigenvalue weighted by atomic mass is 10.2. The Bertz CT molecular complexity index is 406. The Hall–Kier alpha value is -1.43. The van der Waals surface area contributed by atoms with Crippen LogP contribution in [-0.2, 0) is 0 Å². The predicted octanol–water partition coefficient (Wildman–Crippen LogP) is 0.527. The average molecular weight is 251 g/mol. The zero-order chi connectivity index (χ0) is 13.1. The molecule has 2 rings (SSSR count). The van der Waals surface area contributed by atoms with Crippen LogP contribution >= 0.6 is 0 Å². The molecule has 0 radical (unpaired) electrons. The molecule has 0 atom stereocenters. The van der Waals surface area contributed by atoms with Gasteiger partial charge in [-0.1, -0.05) is 13.8 Å². The second kappa shape index (κ2) is 5.48. The second-order valence-electron chi connectivity index (χ2n) is 5.23. The lowest BCUT2D eigenvalue weighted by Gasteiger charge is -2.34. The van der Waals surface area contributed by atoms with Crippen LogP contribution in [0.2, 0.25) is 0 Å². The zero-order valence-corrected chi connectivity index (χ0v) is 11.3. The summed E-state index contributed by atoms with van der Waals surface area (Å²) in [7, 11) is 0. The Balaban J connectivity index is 1.88. The molecule has 0 aliphatic carbocycles. The van der Waals surface area contributed by atoms with E-state index in [0.717, 1.165) is 32.7 Å². The maximum Gasteiger partial charge on any atom is 0.293 e. The van der Waals surface area contributed by atoms with E-state index in [0.29, 0.717) is 11.7 Å². The van der Waals surface area contributed by atoms with Gasteiger partial charge in [0.05, 0.1) is 0 Å². The quantitative estimate of drug-likeness (QED) is 0.851. The van der Waals surface area contributed by atoms with Gasteiger partial charge in [-0.05, 0) is 12.8 Å². The number of nitrogens with one attached hydrogen (secondary N) is 1. The standard InChI is InChI=1S/C12H21N5O/c1-9(2)8-16-4-6-17(7-5-16)12(18)11-13-10(3)14-15-11/h9H,4-8H2,1-3H3,(H,13,14,15). The molecule has 18 heavy (non-hydrogen) atoms. The van der Waals surface area contributed by atoms with Crippen LogP contribution in [0.15, 0.2) is 0 Å². The first-order chi connectivity index (χ1) is 8.56. The molecular weight excluding hydrogens is 230 g/mol. The molecule has 1 aromatic heterocycles. The van der Waals surface area contributed by atoms with E-state index < -0.39 is 0 Å². The number of aryl methyl sites for hydroxylation is 1. The first-order valence-corrected chi connectivity index (χ1v) is 6.47. The van der Waals surface area contributed by atoms with E-state index >= 15 is 0 Å². The number of rotatable bonds is 3. The van der Waals surface area contributed by atoms with Crippen molar-refractivity contribution in [3.05, 3.63) is 11.6 Å². The van der Waals surface area contributed by atoms with E-state index in [9.17, 15) is 4.79 Å². The highest BCUT2D eigenvalue weighted by molar-refractivity contribution is 5.90. The number of amides is 1. The number of aromatic amines is 1. The van der Waals surface area contributed by atoms with Crippen LogP contribution in [-0.4, -0.2) is 63.6 Å². The summed E-state index contributed by atoms with van der Waals surface area (Å²) in [4.78, 5) is 20.4. The molecule has 100 valence electrons. The van der Waals surface area contributed by atoms with Gasteiger partial charge in [0.1, 0.15) is 5.82 Å². The van der Waals surface area contributed by atoms with Gasteiger partial charge in [0.2, 0.25) is 5.82 Å². The van der Waals surface area contributed by atoms with Gasteiger partial charge in [-0.25, -0.2) is 4.98 Å². The molecule has 6 nitrogen and oxygen atoms in total. The summed E-state index contributed by atoms with van der Waals surface area (Å²) in [5, 5.41) is 6.62. The number of carbonyl (C=O) groups excluding carboxylic acids is 1. The maximum atomic E-state index is 12.1. The fraction of sp³-hybridized carbons (Fsp3) is 0.750. The lowest BCUT2D eigenvalue weighted by Crippen LogP contribution is -2.49.